The average Bonchev–Trinajstić information content (AvgIpc) is 3.15. The first-order valence-corrected chi connectivity index (χ1v) is 9.96. The number of rotatable bonds is 3. The molecule has 148 valence electrons. The van der Waals surface area contributed by atoms with Crippen molar-refractivity contribution >= 4 is 23.7 Å². The minimum Gasteiger partial charge on any atom is -0.481 e. The van der Waals surface area contributed by atoms with Crippen LogP contribution in [0.1, 0.15) is 64.4 Å². The molecule has 2 fully saturated rings. The van der Waals surface area contributed by atoms with Gasteiger partial charge in [0.15, 0.2) is 0 Å². The van der Waals surface area contributed by atoms with Crippen LogP contribution in [-0.2, 0) is 9.53 Å². The number of ether oxygens (including phenoxy) is 1. The van der Waals surface area contributed by atoms with Gasteiger partial charge in [0.05, 0.1) is 6.04 Å². The Bertz CT molecular complexity index is 704. The molecule has 1 aromatic rings. The third kappa shape index (κ3) is 4.40. The van der Waals surface area contributed by atoms with Crippen LogP contribution in [0.15, 0.2) is 24.3 Å². The van der Waals surface area contributed by atoms with Crippen LogP contribution in [0.2, 0.25) is 5.02 Å². The lowest BCUT2D eigenvalue weighted by molar-refractivity contribution is -0.140. The highest BCUT2D eigenvalue weighted by Crippen LogP contribution is 2.50. The number of hydrogen-bond acceptors (Lipinski definition) is 3. The van der Waals surface area contributed by atoms with E-state index in [0.717, 1.165) is 25.7 Å². The number of carboxylic acid groups (broad SMARTS) is 1. The molecular weight excluding hydrogens is 366 g/mol. The summed E-state index contributed by atoms with van der Waals surface area (Å²) in [5.74, 6) is -1.72. The van der Waals surface area contributed by atoms with Gasteiger partial charge in [-0.2, -0.15) is 0 Å². The Kier molecular flexibility index (Phi) is 5.44. The molecule has 1 N–H and O–H groups in total. The first kappa shape index (κ1) is 20.0. The number of benzene rings is 1. The summed E-state index contributed by atoms with van der Waals surface area (Å²) in [5.41, 5.74) is 0.0637. The smallest absolute Gasteiger partial charge is 0.410 e. The first-order valence-electron chi connectivity index (χ1n) is 9.58. The van der Waals surface area contributed by atoms with Crippen molar-refractivity contribution in [2.75, 3.05) is 6.54 Å². The van der Waals surface area contributed by atoms with Crippen molar-refractivity contribution in [3.05, 3.63) is 34.9 Å². The number of carboxylic acids is 1. The van der Waals surface area contributed by atoms with Gasteiger partial charge in [0.1, 0.15) is 11.5 Å². The molecule has 1 saturated heterocycles. The maximum atomic E-state index is 12.9. The monoisotopic (exact) mass is 393 g/mol. The maximum Gasteiger partial charge on any atom is 0.410 e. The third-order valence-corrected chi connectivity index (χ3v) is 5.97. The number of halogens is 1. The van der Waals surface area contributed by atoms with Crippen molar-refractivity contribution in [2.45, 2.75) is 70.4 Å². The summed E-state index contributed by atoms with van der Waals surface area (Å²) in [4.78, 5) is 26.8. The van der Waals surface area contributed by atoms with Gasteiger partial charge in [-0.1, -0.05) is 36.6 Å². The Labute approximate surface area is 165 Å². The predicted octanol–water partition coefficient (Wildman–Crippen LogP) is 5.08. The van der Waals surface area contributed by atoms with E-state index >= 15 is 0 Å². The molecule has 1 aromatic carbocycles. The molecular formula is C21H28ClNO4. The lowest BCUT2D eigenvalue weighted by Crippen LogP contribution is -2.44. The van der Waals surface area contributed by atoms with Gasteiger partial charge >= 0.3 is 12.1 Å². The molecule has 6 heteroatoms. The summed E-state index contributed by atoms with van der Waals surface area (Å²) < 4.78 is 5.61. The van der Waals surface area contributed by atoms with Gasteiger partial charge in [-0.3, -0.25) is 4.79 Å². The largest absolute Gasteiger partial charge is 0.481 e. The molecule has 1 heterocycles. The molecule has 2 aliphatic rings. The van der Waals surface area contributed by atoms with Crippen LogP contribution in [0.4, 0.5) is 4.79 Å². The van der Waals surface area contributed by atoms with Crippen LogP contribution in [0.3, 0.4) is 0 Å². The molecule has 27 heavy (non-hydrogen) atoms. The maximum absolute atomic E-state index is 12.9. The van der Waals surface area contributed by atoms with E-state index in [1.54, 1.807) is 29.2 Å². The van der Waals surface area contributed by atoms with Crippen molar-refractivity contribution in [3.63, 3.8) is 0 Å². The van der Waals surface area contributed by atoms with E-state index in [1.807, 2.05) is 20.8 Å². The highest BCUT2D eigenvalue weighted by molar-refractivity contribution is 6.30. The number of aliphatic carboxylic acids is 1. The lowest BCUT2D eigenvalue weighted by Gasteiger charge is -2.31. The van der Waals surface area contributed by atoms with Gasteiger partial charge < -0.3 is 14.7 Å². The molecule has 1 saturated carbocycles. The van der Waals surface area contributed by atoms with E-state index in [0.29, 0.717) is 23.6 Å². The van der Waals surface area contributed by atoms with Crippen LogP contribution in [-0.4, -0.2) is 40.3 Å². The van der Waals surface area contributed by atoms with Crippen molar-refractivity contribution in [2.24, 2.45) is 5.41 Å². The molecule has 1 amide bonds. The highest BCUT2D eigenvalue weighted by Gasteiger charge is 2.52. The predicted molar refractivity (Wildman–Crippen MR) is 104 cm³/mol. The molecule has 1 unspecified atom stereocenters. The number of likely N-dealkylation sites (tertiary alicyclic amines) is 1. The standard InChI is InChI=1S/C21H28ClNO4/c1-20(2,3)27-19(26)23-13-21(10-4-5-11-21)12-16(23)17(18(24)25)14-6-8-15(22)9-7-14/h6-9,16-17H,4-5,10-13H2,1-3H3,(H,24,25)/t16-,17?/m0/s1. The van der Waals surface area contributed by atoms with Gasteiger partial charge in [-0.25, -0.2) is 4.79 Å². The zero-order valence-electron chi connectivity index (χ0n) is 16.2. The Morgan fingerprint density at radius 2 is 1.81 bits per heavy atom. The topological polar surface area (TPSA) is 66.8 Å². The quantitative estimate of drug-likeness (QED) is 0.777. The Morgan fingerprint density at radius 1 is 1.22 bits per heavy atom. The zero-order chi connectivity index (χ0) is 19.8. The van der Waals surface area contributed by atoms with E-state index in [-0.39, 0.29) is 5.41 Å². The SMILES string of the molecule is CC(C)(C)OC(=O)N1CC2(CCCC2)C[C@H]1C(C(=O)O)c1ccc(Cl)cc1. The van der Waals surface area contributed by atoms with E-state index in [9.17, 15) is 14.7 Å². The van der Waals surface area contributed by atoms with Crippen LogP contribution in [0.5, 0.6) is 0 Å². The van der Waals surface area contributed by atoms with Crippen LogP contribution in [0, 0.1) is 5.41 Å². The highest BCUT2D eigenvalue weighted by atomic mass is 35.5. The fourth-order valence-electron chi connectivity index (χ4n) is 4.60. The molecule has 1 aliphatic carbocycles. The van der Waals surface area contributed by atoms with Gasteiger partial charge in [0, 0.05) is 11.6 Å². The number of hydrogen-bond donors (Lipinski definition) is 1. The minimum absolute atomic E-state index is 0.0156. The second-order valence-electron chi connectivity index (χ2n) is 8.95. The first-order chi connectivity index (χ1) is 12.6. The molecule has 3 rings (SSSR count). The zero-order valence-corrected chi connectivity index (χ0v) is 17.0. The van der Waals surface area contributed by atoms with E-state index < -0.39 is 29.6 Å². The molecule has 2 atom stereocenters. The Morgan fingerprint density at radius 3 is 2.33 bits per heavy atom. The Balaban J connectivity index is 1.95. The van der Waals surface area contributed by atoms with Crippen LogP contribution < -0.4 is 0 Å². The molecule has 1 spiro atoms. The summed E-state index contributed by atoms with van der Waals surface area (Å²) in [6, 6.07) is 6.47. The summed E-state index contributed by atoms with van der Waals surface area (Å²) in [5, 5.41) is 10.6. The average molecular weight is 394 g/mol. The second-order valence-corrected chi connectivity index (χ2v) is 9.39. The molecule has 0 radical (unpaired) electrons. The fourth-order valence-corrected chi connectivity index (χ4v) is 4.73. The van der Waals surface area contributed by atoms with E-state index in [1.165, 1.54) is 0 Å². The number of carbonyl (C=O) groups excluding carboxylic acids is 1. The lowest BCUT2D eigenvalue weighted by atomic mass is 9.80. The molecule has 1 aliphatic heterocycles. The normalized spacial score (nSPS) is 22.8. The van der Waals surface area contributed by atoms with Crippen molar-refractivity contribution in [3.8, 4) is 0 Å². The number of carbonyl (C=O) groups is 2. The molecule has 5 nitrogen and oxygen atoms in total. The molecule has 0 bridgehead atoms. The van der Waals surface area contributed by atoms with Crippen molar-refractivity contribution < 1.29 is 19.4 Å². The fraction of sp³-hybridized carbons (Fsp3) is 0.619. The summed E-state index contributed by atoms with van der Waals surface area (Å²) in [6.07, 6.45) is 4.62. The summed E-state index contributed by atoms with van der Waals surface area (Å²) >= 11 is 5.97. The van der Waals surface area contributed by atoms with Crippen LogP contribution in [0.25, 0.3) is 0 Å². The van der Waals surface area contributed by atoms with Gasteiger partial charge in [0.25, 0.3) is 0 Å². The summed E-state index contributed by atoms with van der Waals surface area (Å²) in [6.45, 7) is 6.06. The van der Waals surface area contributed by atoms with Crippen molar-refractivity contribution in [1.29, 1.82) is 0 Å². The third-order valence-electron chi connectivity index (χ3n) is 5.72. The van der Waals surface area contributed by atoms with E-state index in [4.69, 9.17) is 16.3 Å². The van der Waals surface area contributed by atoms with Gasteiger partial charge in [0.2, 0.25) is 0 Å². The molecule has 0 aromatic heterocycles. The number of nitrogens with zero attached hydrogens (tertiary/aromatic N) is 1. The second kappa shape index (κ2) is 7.34. The van der Waals surface area contributed by atoms with E-state index in [2.05, 4.69) is 0 Å². The number of amides is 1. The van der Waals surface area contributed by atoms with Crippen molar-refractivity contribution in [1.82, 2.24) is 4.90 Å². The van der Waals surface area contributed by atoms with Crippen LogP contribution >= 0.6 is 11.6 Å². The van der Waals surface area contributed by atoms with Gasteiger partial charge in [-0.15, -0.1) is 0 Å². The Hall–Kier alpha value is -1.75. The summed E-state index contributed by atoms with van der Waals surface area (Å²) in [7, 11) is 0. The minimum atomic E-state index is -0.925. The van der Waals surface area contributed by atoms with Gasteiger partial charge in [-0.05, 0) is 63.1 Å².